The van der Waals surface area contributed by atoms with Crippen LogP contribution in [0.5, 0.6) is 0 Å². The monoisotopic (exact) mass is 1120 g/mol. The zero-order valence-corrected chi connectivity index (χ0v) is 52.3. The largest absolute Gasteiger partial charge is 0.343 e. The first-order valence-corrected chi connectivity index (χ1v) is 34.2. The van der Waals surface area contributed by atoms with Gasteiger partial charge in [-0.05, 0) is 182 Å². The second kappa shape index (κ2) is 30.0. The predicted molar refractivity (Wildman–Crippen MR) is 356 cm³/mol. The molecular weight excluding hydrogens is 1020 g/mol. The highest BCUT2D eigenvalue weighted by Gasteiger charge is 2.43. The summed E-state index contributed by atoms with van der Waals surface area (Å²) in [6, 6.07) is 39.7. The van der Waals surface area contributed by atoms with E-state index in [0.717, 1.165) is 56.5 Å². The van der Waals surface area contributed by atoms with Crippen LogP contribution in [0.15, 0.2) is 129 Å². The van der Waals surface area contributed by atoms with Gasteiger partial charge in [-0.2, -0.15) is 0 Å². The molecule has 2 heterocycles. The molecule has 0 aliphatic heterocycles. The van der Waals surface area contributed by atoms with E-state index in [9.17, 15) is 9.59 Å². The van der Waals surface area contributed by atoms with Crippen LogP contribution in [0, 0.1) is 13.8 Å². The molecule has 0 atom stereocenters. The van der Waals surface area contributed by atoms with Crippen molar-refractivity contribution in [1.82, 2.24) is 9.13 Å². The number of aryl methyl sites for hydroxylation is 6. The lowest BCUT2D eigenvalue weighted by Gasteiger charge is -2.34. The highest BCUT2D eigenvalue weighted by Crippen LogP contribution is 2.57. The van der Waals surface area contributed by atoms with Crippen LogP contribution in [0.3, 0.4) is 0 Å². The standard InChI is InChI=1S/C75H96N2O2S2/c1-7-9-11-13-21-31-45-75(46-32-22-14-12-10-8-2)65-53-71(80-47-33-23-17-15-19-25-35-57-41-43-69-63(51-57)73(78)59-37-27-29-39-67(59)76(69)5)55(3)49-61(65)62-50-56(4)72(54-66(62)75)81-48-34-24-18-16-20-26-36-58-42-44-70-64(52-58)74(79)60-38-28-30-40-68(60)77(70)6/h27-30,37-44,49-54H,7-26,31-36,45-48H2,1-6H3. The fourth-order valence-corrected chi connectivity index (χ4v) is 15.8. The van der Waals surface area contributed by atoms with Crippen molar-refractivity contribution in [2.45, 2.75) is 223 Å². The third-order valence-electron chi connectivity index (χ3n) is 18.5. The van der Waals surface area contributed by atoms with Crippen LogP contribution in [0.4, 0.5) is 0 Å². The first-order chi connectivity index (χ1) is 39.6. The number of thioether (sulfide) groups is 2. The van der Waals surface area contributed by atoms with Crippen LogP contribution in [0.2, 0.25) is 0 Å². The van der Waals surface area contributed by atoms with Gasteiger partial charge in [-0.3, -0.25) is 9.59 Å². The molecule has 4 nitrogen and oxygen atoms in total. The molecule has 0 spiro atoms. The van der Waals surface area contributed by atoms with Crippen molar-refractivity contribution in [2.24, 2.45) is 14.1 Å². The van der Waals surface area contributed by atoms with Crippen LogP contribution >= 0.6 is 23.5 Å². The Morgan fingerprint density at radius 1 is 0.383 bits per heavy atom. The average Bonchev–Trinajstić information content (AvgIpc) is 3.95. The second-order valence-corrected chi connectivity index (χ2v) is 26.7. The quantitative estimate of drug-likeness (QED) is 0.0229. The van der Waals surface area contributed by atoms with Crippen molar-refractivity contribution >= 4 is 67.1 Å². The number of aromatic nitrogens is 2. The molecule has 2 aromatic heterocycles. The van der Waals surface area contributed by atoms with Gasteiger partial charge in [-0.25, -0.2) is 0 Å². The van der Waals surface area contributed by atoms with E-state index in [0.29, 0.717) is 0 Å². The van der Waals surface area contributed by atoms with E-state index in [2.05, 4.69) is 135 Å². The Morgan fingerprint density at radius 2 is 0.741 bits per heavy atom. The Labute approximate surface area is 495 Å². The van der Waals surface area contributed by atoms with Gasteiger partial charge in [0.1, 0.15) is 0 Å². The van der Waals surface area contributed by atoms with E-state index < -0.39 is 0 Å². The fraction of sp³-hybridized carbons (Fsp3) is 0.493. The molecule has 1 aliphatic rings. The van der Waals surface area contributed by atoms with Crippen molar-refractivity contribution in [1.29, 1.82) is 0 Å². The molecule has 0 radical (unpaired) electrons. The summed E-state index contributed by atoms with van der Waals surface area (Å²) in [6.45, 7) is 9.44. The Hall–Kier alpha value is -5.04. The molecule has 9 rings (SSSR count). The van der Waals surface area contributed by atoms with Crippen LogP contribution in [0.25, 0.3) is 54.7 Å². The Balaban J connectivity index is 0.792. The highest BCUT2D eigenvalue weighted by molar-refractivity contribution is 7.99. The van der Waals surface area contributed by atoms with E-state index in [4.69, 9.17) is 0 Å². The number of rotatable bonds is 34. The maximum atomic E-state index is 13.4. The topological polar surface area (TPSA) is 44.0 Å². The summed E-state index contributed by atoms with van der Waals surface area (Å²) in [4.78, 5) is 29.8. The molecule has 81 heavy (non-hydrogen) atoms. The minimum Gasteiger partial charge on any atom is -0.343 e. The van der Waals surface area contributed by atoms with Gasteiger partial charge in [0.15, 0.2) is 10.9 Å². The molecule has 0 fully saturated rings. The first-order valence-electron chi connectivity index (χ1n) is 32.2. The van der Waals surface area contributed by atoms with Crippen LogP contribution in [0.1, 0.15) is 214 Å². The third-order valence-corrected chi connectivity index (χ3v) is 20.9. The van der Waals surface area contributed by atoms with E-state index in [1.807, 2.05) is 48.5 Å². The second-order valence-electron chi connectivity index (χ2n) is 24.4. The van der Waals surface area contributed by atoms with Gasteiger partial charge in [-0.1, -0.05) is 191 Å². The van der Waals surface area contributed by atoms with Crippen molar-refractivity contribution in [3.8, 4) is 11.1 Å². The van der Waals surface area contributed by atoms with Gasteiger partial charge < -0.3 is 9.13 Å². The average molecular weight is 1120 g/mol. The molecule has 8 aromatic rings. The van der Waals surface area contributed by atoms with Gasteiger partial charge in [0.25, 0.3) is 0 Å². The summed E-state index contributed by atoms with van der Waals surface area (Å²) in [5, 5.41) is 3.30. The lowest BCUT2D eigenvalue weighted by molar-refractivity contribution is 0.397. The lowest BCUT2D eigenvalue weighted by atomic mass is 9.70. The summed E-state index contributed by atoms with van der Waals surface area (Å²) in [5.41, 5.74) is 16.2. The normalized spacial score (nSPS) is 12.9. The molecule has 430 valence electrons. The van der Waals surface area contributed by atoms with E-state index in [1.54, 1.807) is 11.1 Å². The summed E-state index contributed by atoms with van der Waals surface area (Å²) in [7, 11) is 4.14. The summed E-state index contributed by atoms with van der Waals surface area (Å²) in [5.74, 6) is 2.36. The summed E-state index contributed by atoms with van der Waals surface area (Å²) in [6.07, 6.45) is 35.7. The SMILES string of the molecule is CCCCCCCCC1(CCCCCCCC)c2cc(SCCCCCCCCc3ccc4c(c3)c(=O)c3ccccc3n4C)c(C)cc2-c2cc(C)c(SCCCCCCCCc3ccc4c(c3)c(=O)c3ccccc3n4C)cc21. The number of benzene rings is 6. The number of para-hydroxylation sites is 2. The van der Waals surface area contributed by atoms with Gasteiger partial charge >= 0.3 is 0 Å². The maximum Gasteiger partial charge on any atom is 0.197 e. The Kier molecular flexibility index (Phi) is 22.4. The number of nitrogens with zero attached hydrogens (tertiary/aromatic N) is 2. The molecule has 6 aromatic carbocycles. The lowest BCUT2D eigenvalue weighted by Crippen LogP contribution is -2.26. The number of fused-ring (bicyclic) bond motifs is 7. The zero-order chi connectivity index (χ0) is 56.6. The molecule has 0 amide bonds. The molecule has 0 N–H and O–H groups in total. The van der Waals surface area contributed by atoms with Gasteiger partial charge in [-0.15, -0.1) is 23.5 Å². The molecular formula is C75H96N2O2S2. The van der Waals surface area contributed by atoms with E-state index in [-0.39, 0.29) is 16.3 Å². The van der Waals surface area contributed by atoms with Gasteiger partial charge in [0, 0.05) is 50.8 Å². The number of unbranched alkanes of at least 4 members (excludes halogenated alkanes) is 20. The smallest absolute Gasteiger partial charge is 0.197 e. The van der Waals surface area contributed by atoms with Crippen LogP contribution in [-0.4, -0.2) is 20.6 Å². The Bertz CT molecular complexity index is 3260. The minimum absolute atomic E-state index is 0.0824. The zero-order valence-electron chi connectivity index (χ0n) is 50.6. The van der Waals surface area contributed by atoms with Gasteiger partial charge in [0.05, 0.1) is 22.1 Å². The number of hydrogen-bond donors (Lipinski definition) is 0. The number of pyridine rings is 2. The minimum atomic E-state index is 0.0824. The molecule has 0 unspecified atom stereocenters. The highest BCUT2D eigenvalue weighted by atomic mass is 32.2. The van der Waals surface area contributed by atoms with Crippen LogP contribution in [-0.2, 0) is 32.4 Å². The third kappa shape index (κ3) is 14.7. The van der Waals surface area contributed by atoms with Crippen molar-refractivity contribution < 1.29 is 0 Å². The molecule has 1 aliphatic carbocycles. The number of hydrogen-bond acceptors (Lipinski definition) is 4. The first kappa shape index (κ1) is 60.5. The van der Waals surface area contributed by atoms with Crippen molar-refractivity contribution in [2.75, 3.05) is 11.5 Å². The van der Waals surface area contributed by atoms with E-state index in [1.165, 1.54) is 222 Å². The fourth-order valence-electron chi connectivity index (χ4n) is 13.7. The molecule has 0 saturated carbocycles. The van der Waals surface area contributed by atoms with Crippen molar-refractivity contribution in [3.63, 3.8) is 0 Å². The molecule has 6 heteroatoms. The van der Waals surface area contributed by atoms with Crippen molar-refractivity contribution in [3.05, 3.63) is 163 Å². The predicted octanol–water partition coefficient (Wildman–Crippen LogP) is 21.4. The van der Waals surface area contributed by atoms with Gasteiger partial charge in [0.2, 0.25) is 0 Å². The molecule has 0 bridgehead atoms. The van der Waals surface area contributed by atoms with Crippen LogP contribution < -0.4 is 10.9 Å². The van der Waals surface area contributed by atoms with E-state index >= 15 is 0 Å². The summed E-state index contributed by atoms with van der Waals surface area (Å²) < 4.78 is 4.32. The molecule has 0 saturated heterocycles. The maximum absolute atomic E-state index is 13.4. The summed E-state index contributed by atoms with van der Waals surface area (Å²) >= 11 is 4.24. The Morgan fingerprint density at radius 3 is 1.16 bits per heavy atom.